The molecule has 30 heavy (non-hydrogen) atoms. The largest absolute Gasteiger partial charge is 0.379 e. The fraction of sp³-hybridized carbons (Fsp3) is 0.500. The fourth-order valence-corrected chi connectivity index (χ4v) is 3.78. The smallest absolute Gasteiger partial charge is 0.152 e. The van der Waals surface area contributed by atoms with Crippen LogP contribution in [0.4, 0.5) is 5.69 Å². The maximum absolute atomic E-state index is 8.11. The lowest BCUT2D eigenvalue weighted by Crippen LogP contribution is -2.45. The van der Waals surface area contributed by atoms with E-state index >= 15 is 0 Å². The Bertz CT molecular complexity index is 691. The number of benzene rings is 2. The molecule has 0 saturated carbocycles. The molecule has 2 aromatic rings. The molecule has 1 fully saturated rings. The van der Waals surface area contributed by atoms with E-state index in [1.54, 1.807) is 0 Å². The van der Waals surface area contributed by atoms with Crippen molar-refractivity contribution in [2.75, 3.05) is 37.7 Å². The zero-order valence-electron chi connectivity index (χ0n) is 18.2. The van der Waals surface area contributed by atoms with Gasteiger partial charge in [-0.2, -0.15) is 0 Å². The monoisotopic (exact) mass is 413 g/mol. The van der Waals surface area contributed by atoms with Crippen LogP contribution in [0.1, 0.15) is 32.3 Å². The second kappa shape index (κ2) is 13.7. The highest BCUT2D eigenvalue weighted by molar-refractivity contribution is 5.47. The molecule has 3 rings (SSSR count). The van der Waals surface area contributed by atoms with E-state index in [0.717, 1.165) is 26.3 Å². The van der Waals surface area contributed by atoms with Crippen LogP contribution in [0.2, 0.25) is 0 Å². The molecular weight excluding hydrogens is 378 g/mol. The molecule has 0 bridgehead atoms. The maximum atomic E-state index is 8.11. The van der Waals surface area contributed by atoms with Gasteiger partial charge in [-0.05, 0) is 49.5 Å². The Morgan fingerprint density at radius 1 is 1.00 bits per heavy atom. The summed E-state index contributed by atoms with van der Waals surface area (Å²) in [5.41, 5.74) is 2.64. The molecule has 6 heteroatoms. The molecule has 1 heterocycles. The van der Waals surface area contributed by atoms with Crippen LogP contribution in [0.3, 0.4) is 0 Å². The summed E-state index contributed by atoms with van der Waals surface area (Å²) < 4.78 is 6.09. The highest BCUT2D eigenvalue weighted by Crippen LogP contribution is 2.21. The lowest BCUT2D eigenvalue weighted by Gasteiger charge is -2.34. The van der Waals surface area contributed by atoms with Crippen LogP contribution in [-0.4, -0.2) is 49.0 Å². The number of para-hydroxylation sites is 1. The average Bonchev–Trinajstić information content (AvgIpc) is 3.29. The van der Waals surface area contributed by atoms with Gasteiger partial charge in [0.15, 0.2) is 5.34 Å². The molecule has 1 aliphatic heterocycles. The topological polar surface area (TPSA) is 65.4 Å². The summed E-state index contributed by atoms with van der Waals surface area (Å²) in [6, 6.07) is 22.0. The molecule has 1 unspecified atom stereocenters. The molecular formula is C24H35N3O3. The third-order valence-corrected chi connectivity index (χ3v) is 5.19. The first-order valence-corrected chi connectivity index (χ1v) is 10.8. The van der Waals surface area contributed by atoms with Gasteiger partial charge in [0, 0.05) is 25.4 Å². The first-order chi connectivity index (χ1) is 14.6. The van der Waals surface area contributed by atoms with Gasteiger partial charge < -0.3 is 14.8 Å². The quantitative estimate of drug-likeness (QED) is 0.440. The van der Waals surface area contributed by atoms with Gasteiger partial charge >= 0.3 is 0 Å². The number of hydrogen-bond acceptors (Lipinski definition) is 5. The molecule has 164 valence electrons. The molecule has 1 saturated heterocycles. The third kappa shape index (κ3) is 8.51. The number of ether oxygens (including phenoxy) is 1. The van der Waals surface area contributed by atoms with Crippen molar-refractivity contribution in [1.29, 1.82) is 0 Å². The molecule has 1 aliphatic rings. The van der Waals surface area contributed by atoms with Gasteiger partial charge in [-0.3, -0.25) is 4.90 Å². The second-order valence-corrected chi connectivity index (χ2v) is 8.11. The summed E-state index contributed by atoms with van der Waals surface area (Å²) in [6.07, 6.45) is 2.62. The van der Waals surface area contributed by atoms with Crippen LogP contribution in [0.5, 0.6) is 0 Å². The van der Waals surface area contributed by atoms with Crippen LogP contribution in [0, 0.1) is 10.8 Å². The number of anilines is 1. The molecule has 1 N–H and O–H groups in total. The van der Waals surface area contributed by atoms with Crippen LogP contribution >= 0.6 is 0 Å². The van der Waals surface area contributed by atoms with Gasteiger partial charge in [0.05, 0.1) is 12.6 Å². The summed E-state index contributed by atoms with van der Waals surface area (Å²) in [6.45, 7) is 10.4. The first kappa shape index (κ1) is 23.8. The van der Waals surface area contributed by atoms with Gasteiger partial charge in [0.2, 0.25) is 0 Å². The van der Waals surface area contributed by atoms with Crippen molar-refractivity contribution in [2.24, 2.45) is 11.3 Å². The van der Waals surface area contributed by atoms with Crippen LogP contribution < -0.4 is 4.90 Å². The lowest BCUT2D eigenvalue weighted by atomic mass is 10.1. The van der Waals surface area contributed by atoms with Crippen molar-refractivity contribution < 1.29 is 9.94 Å². The van der Waals surface area contributed by atoms with E-state index in [4.69, 9.17) is 14.9 Å². The van der Waals surface area contributed by atoms with E-state index in [-0.39, 0.29) is 0 Å². The Labute approximate surface area is 180 Å². The van der Waals surface area contributed by atoms with Crippen molar-refractivity contribution >= 4 is 5.69 Å². The normalized spacial score (nSPS) is 14.8. The van der Waals surface area contributed by atoms with Crippen molar-refractivity contribution in [3.63, 3.8) is 0 Å². The number of hydrogen-bond donors (Lipinski definition) is 1. The van der Waals surface area contributed by atoms with Gasteiger partial charge in [-0.25, -0.2) is 0 Å². The van der Waals surface area contributed by atoms with Crippen molar-refractivity contribution in [3.05, 3.63) is 71.1 Å². The van der Waals surface area contributed by atoms with Gasteiger partial charge in [0.25, 0.3) is 0 Å². The van der Waals surface area contributed by atoms with Crippen molar-refractivity contribution in [2.45, 2.75) is 39.3 Å². The molecule has 2 aromatic carbocycles. The van der Waals surface area contributed by atoms with Crippen molar-refractivity contribution in [1.82, 2.24) is 4.90 Å². The molecule has 1 atom stereocenters. The Morgan fingerprint density at radius 3 is 2.13 bits per heavy atom. The van der Waals surface area contributed by atoms with Crippen molar-refractivity contribution in [3.8, 4) is 0 Å². The Balaban J connectivity index is 0.00000101. The molecule has 0 spiro atoms. The van der Waals surface area contributed by atoms with Crippen LogP contribution in [0.15, 0.2) is 66.0 Å². The minimum atomic E-state index is 0.440. The summed E-state index contributed by atoms with van der Waals surface area (Å²) >= 11 is 0. The van der Waals surface area contributed by atoms with Crippen LogP contribution in [0.25, 0.3) is 0 Å². The van der Waals surface area contributed by atoms with E-state index in [1.165, 1.54) is 42.5 Å². The SMILES string of the molecule is CC(C)COCC(CN(Cc1ccccc1)c1ccccc1)N1CCCC1.O=NO. The first-order valence-electron chi connectivity index (χ1n) is 10.8. The fourth-order valence-electron chi connectivity index (χ4n) is 3.78. The summed E-state index contributed by atoms with van der Waals surface area (Å²) in [5.74, 6) is 0.582. The van der Waals surface area contributed by atoms with Gasteiger partial charge in [0.1, 0.15) is 0 Å². The predicted molar refractivity (Wildman–Crippen MR) is 122 cm³/mol. The molecule has 0 radical (unpaired) electrons. The highest BCUT2D eigenvalue weighted by Gasteiger charge is 2.25. The van der Waals surface area contributed by atoms with E-state index in [0.29, 0.717) is 12.0 Å². The average molecular weight is 414 g/mol. The number of nitrogens with zero attached hydrogens (tertiary/aromatic N) is 3. The molecule has 0 amide bonds. The molecule has 6 nitrogen and oxygen atoms in total. The van der Waals surface area contributed by atoms with Gasteiger partial charge in [-0.1, -0.05) is 62.4 Å². The third-order valence-electron chi connectivity index (χ3n) is 5.19. The van der Waals surface area contributed by atoms with E-state index in [2.05, 4.69) is 84.3 Å². The highest BCUT2D eigenvalue weighted by atomic mass is 16.6. The lowest BCUT2D eigenvalue weighted by molar-refractivity contribution is 0.0567. The molecule has 0 aliphatic carbocycles. The van der Waals surface area contributed by atoms with Gasteiger partial charge in [-0.15, -0.1) is 4.91 Å². The van der Waals surface area contributed by atoms with E-state index < -0.39 is 0 Å². The Morgan fingerprint density at radius 2 is 1.57 bits per heavy atom. The summed E-state index contributed by atoms with van der Waals surface area (Å²) in [4.78, 5) is 13.2. The Hall–Kier alpha value is -2.44. The maximum Gasteiger partial charge on any atom is 0.152 e. The summed E-state index contributed by atoms with van der Waals surface area (Å²) in [5, 5.41) is 7.89. The second-order valence-electron chi connectivity index (χ2n) is 8.11. The standard InChI is InChI=1S/C24H34N2O.HNO2/c1-21(2)19-27-20-24(25-15-9-10-16-25)18-26(23-13-7-4-8-14-23)17-22-11-5-3-6-12-22;2-1-3/h3-8,11-14,21,24H,9-10,15-20H2,1-2H3;(H,2,3). The van der Waals surface area contributed by atoms with E-state index in [1.807, 2.05) is 0 Å². The number of rotatable bonds is 10. The summed E-state index contributed by atoms with van der Waals surface area (Å²) in [7, 11) is 0. The number of likely N-dealkylation sites (tertiary alicyclic amines) is 1. The minimum absolute atomic E-state index is 0.440. The van der Waals surface area contributed by atoms with Crippen LogP contribution in [-0.2, 0) is 11.3 Å². The predicted octanol–water partition coefficient (Wildman–Crippen LogP) is 4.97. The minimum Gasteiger partial charge on any atom is -0.379 e. The molecule has 0 aromatic heterocycles. The zero-order valence-corrected chi connectivity index (χ0v) is 18.2. The Kier molecular flexibility index (Phi) is 10.9. The zero-order chi connectivity index (χ0) is 21.6. The van der Waals surface area contributed by atoms with E-state index in [9.17, 15) is 0 Å².